The first-order valence-corrected chi connectivity index (χ1v) is 9.13. The van der Waals surface area contributed by atoms with Crippen LogP contribution < -0.4 is 10.2 Å². The van der Waals surface area contributed by atoms with Crippen LogP contribution in [-0.4, -0.2) is 24.7 Å². The third-order valence-corrected chi connectivity index (χ3v) is 5.22. The normalized spacial score (nSPS) is 14.1. The molecule has 0 spiro atoms. The number of thioether (sulfide) groups is 1. The number of nitrogens with zero attached hydrogens (tertiary/aromatic N) is 1. The van der Waals surface area contributed by atoms with Gasteiger partial charge < -0.3 is 10.2 Å². The molecular weight excluding hydrogens is 379 g/mol. The molecule has 1 aliphatic rings. The van der Waals surface area contributed by atoms with Gasteiger partial charge in [0.15, 0.2) is 0 Å². The second-order valence-corrected chi connectivity index (χ2v) is 7.32. The summed E-state index contributed by atoms with van der Waals surface area (Å²) in [5, 5.41) is 2.65. The predicted molar refractivity (Wildman–Crippen MR) is 96.7 cm³/mol. The van der Waals surface area contributed by atoms with Gasteiger partial charge in [0.05, 0.1) is 17.9 Å². The number of carbonyl (C=O) groups is 1. The number of rotatable bonds is 3. The molecule has 1 heterocycles. The lowest BCUT2D eigenvalue weighted by Gasteiger charge is -2.23. The van der Waals surface area contributed by atoms with E-state index in [1.54, 1.807) is 12.1 Å². The van der Waals surface area contributed by atoms with Crippen molar-refractivity contribution < 1.29 is 9.18 Å². The minimum Gasteiger partial charge on any atom is -0.361 e. The van der Waals surface area contributed by atoms with Crippen LogP contribution >= 0.6 is 27.7 Å². The van der Waals surface area contributed by atoms with Crippen LogP contribution in [0.2, 0.25) is 0 Å². The maximum Gasteiger partial charge on any atom is 0.243 e. The van der Waals surface area contributed by atoms with E-state index in [-0.39, 0.29) is 18.1 Å². The summed E-state index contributed by atoms with van der Waals surface area (Å²) in [5.74, 6) is 0.378. The summed E-state index contributed by atoms with van der Waals surface area (Å²) in [4.78, 5) is 15.5. The second kappa shape index (κ2) is 7.36. The second-order valence-electron chi connectivity index (χ2n) is 5.26. The number of benzene rings is 2. The van der Waals surface area contributed by atoms with E-state index >= 15 is 0 Å². The third kappa shape index (κ3) is 4.06. The van der Waals surface area contributed by atoms with Crippen molar-refractivity contribution in [2.45, 2.75) is 11.3 Å². The lowest BCUT2D eigenvalue weighted by Crippen LogP contribution is -2.34. The highest BCUT2D eigenvalue weighted by Gasteiger charge is 2.18. The summed E-state index contributed by atoms with van der Waals surface area (Å²) in [7, 11) is 0. The fraction of sp³-hybridized carbons (Fsp3) is 0.235. The first-order chi connectivity index (χ1) is 11.1. The molecule has 0 saturated carbocycles. The van der Waals surface area contributed by atoms with Crippen molar-refractivity contribution in [3.8, 4) is 0 Å². The Balaban J connectivity index is 1.72. The molecule has 0 fully saturated rings. The van der Waals surface area contributed by atoms with Crippen molar-refractivity contribution in [2.24, 2.45) is 0 Å². The highest BCUT2D eigenvalue weighted by atomic mass is 79.9. The molecule has 0 radical (unpaired) electrons. The Morgan fingerprint density at radius 2 is 2.13 bits per heavy atom. The summed E-state index contributed by atoms with van der Waals surface area (Å²) in [6.45, 7) is 1.04. The number of anilines is 2. The van der Waals surface area contributed by atoms with Gasteiger partial charge in [-0.15, -0.1) is 11.8 Å². The summed E-state index contributed by atoms with van der Waals surface area (Å²) < 4.78 is 14.5. The van der Waals surface area contributed by atoms with E-state index in [1.807, 2.05) is 30.0 Å². The third-order valence-electron chi connectivity index (χ3n) is 3.58. The van der Waals surface area contributed by atoms with Crippen LogP contribution in [0.1, 0.15) is 6.42 Å². The van der Waals surface area contributed by atoms with Crippen LogP contribution in [0.5, 0.6) is 0 Å². The first-order valence-electron chi connectivity index (χ1n) is 7.35. The largest absolute Gasteiger partial charge is 0.361 e. The molecule has 0 bridgehead atoms. The van der Waals surface area contributed by atoms with Crippen molar-refractivity contribution in [1.82, 2.24) is 0 Å². The van der Waals surface area contributed by atoms with Gasteiger partial charge in [0, 0.05) is 15.9 Å². The van der Waals surface area contributed by atoms with Gasteiger partial charge in [-0.2, -0.15) is 0 Å². The monoisotopic (exact) mass is 394 g/mol. The van der Waals surface area contributed by atoms with Crippen LogP contribution in [-0.2, 0) is 4.79 Å². The number of hydrogen-bond donors (Lipinski definition) is 1. The molecule has 0 aliphatic carbocycles. The lowest BCUT2D eigenvalue weighted by atomic mass is 10.2. The summed E-state index contributed by atoms with van der Waals surface area (Å²) >= 11 is 5.02. The number of amides is 1. The summed E-state index contributed by atoms with van der Waals surface area (Å²) in [6.07, 6.45) is 1.01. The Morgan fingerprint density at radius 1 is 1.30 bits per heavy atom. The van der Waals surface area contributed by atoms with Crippen molar-refractivity contribution in [1.29, 1.82) is 0 Å². The van der Waals surface area contributed by atoms with Gasteiger partial charge in [-0.25, -0.2) is 4.39 Å². The van der Waals surface area contributed by atoms with E-state index in [0.29, 0.717) is 4.47 Å². The number of hydrogen-bond acceptors (Lipinski definition) is 3. The Kier molecular flexibility index (Phi) is 5.23. The fourth-order valence-corrected chi connectivity index (χ4v) is 3.86. The molecule has 0 atom stereocenters. The van der Waals surface area contributed by atoms with E-state index in [1.165, 1.54) is 11.0 Å². The maximum atomic E-state index is 13.8. The SMILES string of the molecule is O=C(CN1CCCSc2ccccc21)Nc1ccc(Br)cc1F. The molecule has 0 aromatic heterocycles. The molecule has 23 heavy (non-hydrogen) atoms. The Morgan fingerprint density at radius 3 is 2.96 bits per heavy atom. The minimum atomic E-state index is -0.445. The number of para-hydroxylation sites is 1. The highest BCUT2D eigenvalue weighted by molar-refractivity contribution is 9.10. The van der Waals surface area contributed by atoms with Crippen molar-refractivity contribution in [2.75, 3.05) is 29.1 Å². The van der Waals surface area contributed by atoms with Gasteiger partial charge in [-0.05, 0) is 42.5 Å². The molecule has 3 nitrogen and oxygen atoms in total. The van der Waals surface area contributed by atoms with Crippen LogP contribution in [0.4, 0.5) is 15.8 Å². The fourth-order valence-electron chi connectivity index (χ4n) is 2.52. The standard InChI is InChI=1S/C17H16BrFN2OS/c18-12-6-7-14(13(19)10-12)20-17(22)11-21-8-3-9-23-16-5-2-1-4-15(16)21/h1-2,4-7,10H,3,8-9,11H2,(H,20,22). The van der Waals surface area contributed by atoms with E-state index in [0.717, 1.165) is 24.4 Å². The average Bonchev–Trinajstić information content (AvgIpc) is 2.73. The van der Waals surface area contributed by atoms with E-state index in [9.17, 15) is 9.18 Å². The van der Waals surface area contributed by atoms with Gasteiger partial charge >= 0.3 is 0 Å². The zero-order valence-corrected chi connectivity index (χ0v) is 14.8. The topological polar surface area (TPSA) is 32.3 Å². The molecule has 1 amide bonds. The summed E-state index contributed by atoms with van der Waals surface area (Å²) in [5.41, 5.74) is 1.28. The van der Waals surface area contributed by atoms with Crippen LogP contribution in [0.15, 0.2) is 51.8 Å². The number of fused-ring (bicyclic) bond motifs is 1. The van der Waals surface area contributed by atoms with Gasteiger partial charge in [-0.3, -0.25) is 4.79 Å². The van der Waals surface area contributed by atoms with Gasteiger partial charge in [-0.1, -0.05) is 28.1 Å². The van der Waals surface area contributed by atoms with E-state index in [4.69, 9.17) is 0 Å². The van der Waals surface area contributed by atoms with Crippen molar-refractivity contribution in [3.05, 3.63) is 52.8 Å². The van der Waals surface area contributed by atoms with Crippen molar-refractivity contribution >= 4 is 45.0 Å². The zero-order valence-electron chi connectivity index (χ0n) is 12.4. The zero-order chi connectivity index (χ0) is 16.2. The average molecular weight is 395 g/mol. The Labute approximate surface area is 147 Å². The molecular formula is C17H16BrFN2OS. The lowest BCUT2D eigenvalue weighted by molar-refractivity contribution is -0.115. The molecule has 0 unspecified atom stereocenters. The molecule has 6 heteroatoms. The molecule has 0 saturated heterocycles. The van der Waals surface area contributed by atoms with Gasteiger partial charge in [0.1, 0.15) is 5.82 Å². The van der Waals surface area contributed by atoms with Crippen LogP contribution in [0.25, 0.3) is 0 Å². The minimum absolute atomic E-state index is 0.204. The number of carbonyl (C=O) groups excluding carboxylic acids is 1. The van der Waals surface area contributed by atoms with Crippen LogP contribution in [0.3, 0.4) is 0 Å². The maximum absolute atomic E-state index is 13.8. The van der Waals surface area contributed by atoms with Gasteiger partial charge in [0.2, 0.25) is 5.91 Å². The number of nitrogens with one attached hydrogen (secondary N) is 1. The van der Waals surface area contributed by atoms with E-state index < -0.39 is 5.82 Å². The first kappa shape index (κ1) is 16.3. The molecule has 1 N–H and O–H groups in total. The van der Waals surface area contributed by atoms with Crippen molar-refractivity contribution in [3.63, 3.8) is 0 Å². The highest BCUT2D eigenvalue weighted by Crippen LogP contribution is 2.33. The van der Waals surface area contributed by atoms with Crippen LogP contribution in [0, 0.1) is 5.82 Å². The van der Waals surface area contributed by atoms with Gasteiger partial charge in [0.25, 0.3) is 0 Å². The number of halogens is 2. The smallest absolute Gasteiger partial charge is 0.243 e. The molecule has 2 aromatic carbocycles. The molecule has 1 aliphatic heterocycles. The van der Waals surface area contributed by atoms with E-state index in [2.05, 4.69) is 32.2 Å². The Hall–Kier alpha value is -1.53. The molecule has 2 aromatic rings. The quantitative estimate of drug-likeness (QED) is 0.829. The predicted octanol–water partition coefficient (Wildman–Crippen LogP) is 4.53. The summed E-state index contributed by atoms with van der Waals surface area (Å²) in [6, 6.07) is 12.7. The molecule has 3 rings (SSSR count). The molecule has 120 valence electrons. The Bertz CT molecular complexity index is 725.